The van der Waals surface area contributed by atoms with Gasteiger partial charge in [0, 0.05) is 47.8 Å². The molecule has 182 valence electrons. The third-order valence-electron chi connectivity index (χ3n) is 7.75. The fraction of sp³-hybridized carbons (Fsp3) is 0.538. The minimum absolute atomic E-state index is 0.0876. The van der Waals surface area contributed by atoms with Crippen molar-refractivity contribution in [3.63, 3.8) is 0 Å². The van der Waals surface area contributed by atoms with Crippen LogP contribution in [-0.2, 0) is 11.3 Å². The second-order valence-electron chi connectivity index (χ2n) is 9.69. The maximum absolute atomic E-state index is 6.80. The standard InChI is InChI=1S/C26H34ClN5O2/c1-15-21-14-31(18-5-7-19(33-4)8-6-18)9-10-34-26(21)20(11-22(15)27)17(3)32-24-13-29-12-23(28)25(24)16(2)30-32/h11-13,17-19H,5-10,14,28H2,1-4H3. The molecule has 0 saturated heterocycles. The molecule has 1 unspecified atom stereocenters. The van der Waals surface area contributed by atoms with E-state index in [-0.39, 0.29) is 6.04 Å². The summed E-state index contributed by atoms with van der Waals surface area (Å²) >= 11 is 6.80. The molecule has 0 radical (unpaired) electrons. The van der Waals surface area contributed by atoms with Crippen molar-refractivity contribution in [1.82, 2.24) is 19.7 Å². The van der Waals surface area contributed by atoms with Crippen LogP contribution in [0.4, 0.5) is 5.69 Å². The molecule has 1 aliphatic heterocycles. The Hall–Kier alpha value is -2.35. The van der Waals surface area contributed by atoms with E-state index >= 15 is 0 Å². The smallest absolute Gasteiger partial charge is 0.129 e. The molecule has 2 aliphatic rings. The summed E-state index contributed by atoms with van der Waals surface area (Å²) in [5.41, 5.74) is 12.0. The third-order valence-corrected chi connectivity index (χ3v) is 8.14. The molecule has 34 heavy (non-hydrogen) atoms. The monoisotopic (exact) mass is 483 g/mol. The number of aromatic nitrogens is 3. The van der Waals surface area contributed by atoms with Gasteiger partial charge in [-0.25, -0.2) is 0 Å². The van der Waals surface area contributed by atoms with Gasteiger partial charge in [0.2, 0.25) is 0 Å². The Labute approximate surface area is 206 Å². The number of aryl methyl sites for hydroxylation is 1. The molecule has 0 bridgehead atoms. The molecule has 1 fully saturated rings. The number of nitrogen functional groups attached to an aromatic ring is 1. The highest BCUT2D eigenvalue weighted by Gasteiger charge is 2.31. The van der Waals surface area contributed by atoms with Gasteiger partial charge in [-0.1, -0.05) is 11.6 Å². The van der Waals surface area contributed by atoms with E-state index in [1.165, 1.54) is 5.56 Å². The van der Waals surface area contributed by atoms with Gasteiger partial charge in [0.1, 0.15) is 12.4 Å². The van der Waals surface area contributed by atoms with Crippen LogP contribution in [0.5, 0.6) is 5.75 Å². The van der Waals surface area contributed by atoms with Crippen molar-refractivity contribution < 1.29 is 9.47 Å². The van der Waals surface area contributed by atoms with Crippen LogP contribution in [-0.4, -0.2) is 52.1 Å². The van der Waals surface area contributed by atoms with Crippen molar-refractivity contribution in [1.29, 1.82) is 0 Å². The Morgan fingerprint density at radius 1 is 1.21 bits per heavy atom. The van der Waals surface area contributed by atoms with Crippen LogP contribution in [0, 0.1) is 13.8 Å². The molecule has 2 aromatic heterocycles. The van der Waals surface area contributed by atoms with Gasteiger partial charge < -0.3 is 15.2 Å². The van der Waals surface area contributed by atoms with E-state index in [1.54, 1.807) is 6.20 Å². The first-order chi connectivity index (χ1) is 16.4. The van der Waals surface area contributed by atoms with Crippen LogP contribution >= 0.6 is 11.6 Å². The summed E-state index contributed by atoms with van der Waals surface area (Å²) in [4.78, 5) is 6.89. The highest BCUT2D eigenvalue weighted by molar-refractivity contribution is 6.31. The first-order valence-corrected chi connectivity index (χ1v) is 12.6. The van der Waals surface area contributed by atoms with E-state index in [4.69, 9.17) is 31.9 Å². The van der Waals surface area contributed by atoms with E-state index in [0.717, 1.165) is 77.3 Å². The number of pyridine rings is 1. The molecule has 2 N–H and O–H groups in total. The fourth-order valence-electron chi connectivity index (χ4n) is 5.70. The zero-order valence-electron chi connectivity index (χ0n) is 20.5. The largest absolute Gasteiger partial charge is 0.492 e. The molecule has 3 heterocycles. The van der Waals surface area contributed by atoms with Crippen molar-refractivity contribution >= 4 is 28.2 Å². The Morgan fingerprint density at radius 3 is 2.71 bits per heavy atom. The number of anilines is 1. The van der Waals surface area contributed by atoms with Crippen molar-refractivity contribution in [3.8, 4) is 5.75 Å². The number of nitrogens with zero attached hydrogens (tertiary/aromatic N) is 4. The Kier molecular flexibility index (Phi) is 6.44. The van der Waals surface area contributed by atoms with Gasteiger partial charge in [0.05, 0.1) is 41.4 Å². The average molecular weight is 484 g/mol. The summed E-state index contributed by atoms with van der Waals surface area (Å²) in [6, 6.07) is 2.50. The number of halogens is 1. The molecule has 1 aromatic carbocycles. The number of nitrogens with two attached hydrogens (primary N) is 1. The maximum Gasteiger partial charge on any atom is 0.129 e. The van der Waals surface area contributed by atoms with Crippen LogP contribution in [0.25, 0.3) is 10.9 Å². The van der Waals surface area contributed by atoms with Gasteiger partial charge in [0.25, 0.3) is 0 Å². The first kappa shape index (κ1) is 23.4. The van der Waals surface area contributed by atoms with Gasteiger partial charge in [-0.2, -0.15) is 5.10 Å². The molecule has 1 atom stereocenters. The second kappa shape index (κ2) is 9.36. The normalized spacial score (nSPS) is 22.3. The molecule has 1 saturated carbocycles. The number of fused-ring (bicyclic) bond motifs is 2. The van der Waals surface area contributed by atoms with Crippen LogP contribution < -0.4 is 10.5 Å². The van der Waals surface area contributed by atoms with E-state index < -0.39 is 0 Å². The predicted octanol–water partition coefficient (Wildman–Crippen LogP) is 5.05. The average Bonchev–Trinajstić information content (AvgIpc) is 3.03. The lowest BCUT2D eigenvalue weighted by atomic mass is 9.91. The molecule has 8 heteroatoms. The molecular weight excluding hydrogens is 450 g/mol. The summed E-state index contributed by atoms with van der Waals surface area (Å²) in [5, 5.41) is 6.54. The predicted molar refractivity (Wildman–Crippen MR) is 136 cm³/mol. The van der Waals surface area contributed by atoms with Gasteiger partial charge in [-0.3, -0.25) is 14.6 Å². The number of rotatable bonds is 4. The summed E-state index contributed by atoms with van der Waals surface area (Å²) in [6.07, 6.45) is 8.45. The van der Waals surface area contributed by atoms with Crippen molar-refractivity contribution in [2.75, 3.05) is 26.0 Å². The number of methoxy groups -OCH3 is 1. The quantitative estimate of drug-likeness (QED) is 0.559. The number of hydrogen-bond acceptors (Lipinski definition) is 6. The minimum Gasteiger partial charge on any atom is -0.492 e. The van der Waals surface area contributed by atoms with E-state index in [0.29, 0.717) is 24.4 Å². The summed E-state index contributed by atoms with van der Waals surface area (Å²) < 4.78 is 14.0. The van der Waals surface area contributed by atoms with Crippen molar-refractivity contribution in [2.24, 2.45) is 0 Å². The van der Waals surface area contributed by atoms with Crippen LogP contribution in [0.2, 0.25) is 5.02 Å². The zero-order chi connectivity index (χ0) is 24.0. The van der Waals surface area contributed by atoms with Crippen molar-refractivity contribution in [2.45, 2.75) is 71.2 Å². The minimum atomic E-state index is -0.0876. The lowest BCUT2D eigenvalue weighted by molar-refractivity contribution is 0.0352. The Balaban J connectivity index is 1.52. The number of ether oxygens (including phenoxy) is 2. The highest BCUT2D eigenvalue weighted by atomic mass is 35.5. The van der Waals surface area contributed by atoms with Gasteiger partial charge in [-0.05, 0) is 58.1 Å². The lowest BCUT2D eigenvalue weighted by Crippen LogP contribution is -2.40. The zero-order valence-corrected chi connectivity index (χ0v) is 21.2. The molecule has 0 spiro atoms. The fourth-order valence-corrected chi connectivity index (χ4v) is 5.93. The van der Waals surface area contributed by atoms with E-state index in [1.807, 2.05) is 31.0 Å². The Bertz CT molecular complexity index is 1200. The van der Waals surface area contributed by atoms with Gasteiger partial charge in [0.15, 0.2) is 0 Å². The van der Waals surface area contributed by atoms with Crippen LogP contribution in [0.15, 0.2) is 18.5 Å². The third kappa shape index (κ3) is 4.04. The molecule has 5 rings (SSSR count). The van der Waals surface area contributed by atoms with E-state index in [9.17, 15) is 0 Å². The number of hydrogen-bond donors (Lipinski definition) is 1. The van der Waals surface area contributed by atoms with Crippen LogP contribution in [0.3, 0.4) is 0 Å². The number of benzene rings is 1. The second-order valence-corrected chi connectivity index (χ2v) is 10.1. The summed E-state index contributed by atoms with van der Waals surface area (Å²) in [5.74, 6) is 0.945. The molecule has 1 aliphatic carbocycles. The van der Waals surface area contributed by atoms with Gasteiger partial charge >= 0.3 is 0 Å². The highest BCUT2D eigenvalue weighted by Crippen LogP contribution is 2.41. The maximum atomic E-state index is 6.80. The molecule has 7 nitrogen and oxygen atoms in total. The van der Waals surface area contributed by atoms with Gasteiger partial charge in [-0.15, -0.1) is 0 Å². The van der Waals surface area contributed by atoms with Crippen molar-refractivity contribution in [3.05, 3.63) is 45.9 Å². The first-order valence-electron chi connectivity index (χ1n) is 12.2. The molecule has 3 aromatic rings. The van der Waals surface area contributed by atoms with E-state index in [2.05, 4.69) is 23.7 Å². The summed E-state index contributed by atoms with van der Waals surface area (Å²) in [7, 11) is 1.82. The lowest BCUT2D eigenvalue weighted by Gasteiger charge is -2.35. The Morgan fingerprint density at radius 2 is 1.97 bits per heavy atom. The molecular formula is C26H34ClN5O2. The topological polar surface area (TPSA) is 78.4 Å². The SMILES string of the molecule is COC1CCC(N2CCOc3c(C(C)n4nc(C)c5c(N)cncc54)cc(Cl)c(C)c3C2)CC1. The van der Waals surface area contributed by atoms with Crippen LogP contribution in [0.1, 0.15) is 61.0 Å². The molecule has 0 amide bonds. The summed E-state index contributed by atoms with van der Waals surface area (Å²) in [6.45, 7) is 8.63.